The van der Waals surface area contributed by atoms with Crippen LogP contribution in [0.2, 0.25) is 0 Å². The van der Waals surface area contributed by atoms with E-state index in [2.05, 4.69) is 9.97 Å². The first kappa shape index (κ1) is 17.8. The van der Waals surface area contributed by atoms with Crippen molar-refractivity contribution >= 4 is 21.6 Å². The zero-order valence-electron chi connectivity index (χ0n) is 13.1. The smallest absolute Gasteiger partial charge is 0.269 e. The van der Waals surface area contributed by atoms with E-state index in [4.69, 9.17) is 5.21 Å². The number of sulfonamides is 1. The predicted octanol–water partition coefficient (Wildman–Crippen LogP) is 0.00580. The number of nitrogens with zero attached hydrogens (tertiary/aromatic N) is 4. The van der Waals surface area contributed by atoms with E-state index in [0.717, 1.165) is 28.6 Å². The molecule has 136 valence electrons. The second-order valence-corrected chi connectivity index (χ2v) is 7.34. The third-order valence-corrected chi connectivity index (χ3v) is 5.84. The minimum Gasteiger partial charge on any atom is -0.289 e. The first-order valence-corrected chi connectivity index (χ1v) is 8.77. The van der Waals surface area contributed by atoms with E-state index in [-0.39, 0.29) is 23.5 Å². The number of nitro groups is 1. The van der Waals surface area contributed by atoms with Crippen LogP contribution in [0.3, 0.4) is 0 Å². The molecule has 11 nitrogen and oxygen atoms in total. The van der Waals surface area contributed by atoms with Crippen LogP contribution >= 0.6 is 0 Å². The summed E-state index contributed by atoms with van der Waals surface area (Å²) in [6.45, 7) is -0.222. The van der Waals surface area contributed by atoms with Crippen molar-refractivity contribution in [2.45, 2.75) is 23.9 Å². The molecule has 0 radical (unpaired) electrons. The van der Waals surface area contributed by atoms with Crippen LogP contribution in [0.1, 0.15) is 11.4 Å². The van der Waals surface area contributed by atoms with Crippen LogP contribution in [-0.2, 0) is 27.8 Å². The van der Waals surface area contributed by atoms with Gasteiger partial charge >= 0.3 is 0 Å². The maximum absolute atomic E-state index is 13.0. The van der Waals surface area contributed by atoms with E-state index in [1.54, 1.807) is 0 Å². The zero-order valence-corrected chi connectivity index (χ0v) is 14.0. The number of hydrogen-bond acceptors (Lipinski definition) is 8. The Labute approximate surface area is 147 Å². The van der Waals surface area contributed by atoms with E-state index in [0.29, 0.717) is 11.4 Å². The van der Waals surface area contributed by atoms with E-state index in [1.807, 2.05) is 0 Å². The number of non-ortho nitro benzene ring substituents is 1. The van der Waals surface area contributed by atoms with Gasteiger partial charge in [-0.1, -0.05) is 0 Å². The highest BCUT2D eigenvalue weighted by atomic mass is 32.2. The Bertz CT molecular complexity index is 962. The highest BCUT2D eigenvalue weighted by molar-refractivity contribution is 7.89. The summed E-state index contributed by atoms with van der Waals surface area (Å²) in [5.74, 6) is -0.910. The van der Waals surface area contributed by atoms with Crippen molar-refractivity contribution < 1.29 is 23.3 Å². The summed E-state index contributed by atoms with van der Waals surface area (Å²) < 4.78 is 26.8. The molecule has 0 saturated heterocycles. The number of amides is 1. The van der Waals surface area contributed by atoms with Crippen LogP contribution in [0.5, 0.6) is 0 Å². The summed E-state index contributed by atoms with van der Waals surface area (Å²) >= 11 is 0. The standard InChI is InChI=1S/C14H13N5O6S/c20-14(17-21)13-7-11-12(16-6-5-15-11)8-18(13)26(24,25)10-3-1-9(2-4-10)19(22)23/h1-6,13,21H,7-8H2,(H,17,20)/t13-/m1/s1. The first-order chi connectivity index (χ1) is 12.3. The summed E-state index contributed by atoms with van der Waals surface area (Å²) in [6.07, 6.45) is 2.76. The van der Waals surface area contributed by atoms with Gasteiger partial charge in [0.2, 0.25) is 10.0 Å². The quantitative estimate of drug-likeness (QED) is 0.427. The molecular weight excluding hydrogens is 366 g/mol. The van der Waals surface area contributed by atoms with Gasteiger partial charge in [-0.2, -0.15) is 4.31 Å². The van der Waals surface area contributed by atoms with Gasteiger partial charge in [-0.25, -0.2) is 13.9 Å². The molecule has 2 aromatic rings. The highest BCUT2D eigenvalue weighted by Gasteiger charge is 2.40. The fourth-order valence-corrected chi connectivity index (χ4v) is 4.22. The summed E-state index contributed by atoms with van der Waals surface area (Å²) in [5.41, 5.74) is 2.04. The molecule has 26 heavy (non-hydrogen) atoms. The van der Waals surface area contributed by atoms with E-state index >= 15 is 0 Å². The number of carbonyl (C=O) groups excluding carboxylic acids is 1. The molecule has 1 aromatic carbocycles. The van der Waals surface area contributed by atoms with Crippen LogP contribution < -0.4 is 5.48 Å². The number of fused-ring (bicyclic) bond motifs is 1. The molecule has 2 heterocycles. The second-order valence-electron chi connectivity index (χ2n) is 5.45. The lowest BCUT2D eigenvalue weighted by atomic mass is 10.0. The predicted molar refractivity (Wildman–Crippen MR) is 85.3 cm³/mol. The Morgan fingerprint density at radius 3 is 2.42 bits per heavy atom. The number of rotatable bonds is 4. The number of aromatic nitrogens is 2. The van der Waals surface area contributed by atoms with Crippen LogP contribution in [-0.4, -0.2) is 44.8 Å². The number of nitro benzene ring substituents is 1. The second kappa shape index (κ2) is 6.74. The van der Waals surface area contributed by atoms with Crippen molar-refractivity contribution in [3.63, 3.8) is 0 Å². The fourth-order valence-electron chi connectivity index (χ4n) is 2.67. The molecule has 2 N–H and O–H groups in total. The molecular formula is C14H13N5O6S. The zero-order chi connectivity index (χ0) is 18.9. The molecule has 1 amide bonds. The molecule has 0 bridgehead atoms. The van der Waals surface area contributed by atoms with E-state index in [9.17, 15) is 23.3 Å². The van der Waals surface area contributed by atoms with Crippen molar-refractivity contribution in [3.8, 4) is 0 Å². The fraction of sp³-hybridized carbons (Fsp3) is 0.214. The molecule has 0 fully saturated rings. The van der Waals surface area contributed by atoms with Crippen molar-refractivity contribution in [2.75, 3.05) is 0 Å². The van der Waals surface area contributed by atoms with Gasteiger partial charge in [-0.05, 0) is 12.1 Å². The number of carbonyl (C=O) groups is 1. The number of hydroxylamine groups is 1. The maximum atomic E-state index is 13.0. The van der Waals surface area contributed by atoms with Gasteiger partial charge in [0.25, 0.3) is 11.6 Å². The summed E-state index contributed by atoms with van der Waals surface area (Å²) in [5, 5.41) is 19.7. The molecule has 1 aliphatic heterocycles. The molecule has 0 spiro atoms. The van der Waals surface area contributed by atoms with Crippen LogP contribution in [0.4, 0.5) is 5.69 Å². The van der Waals surface area contributed by atoms with Crippen molar-refractivity contribution in [2.24, 2.45) is 0 Å². The Balaban J connectivity index is 2.03. The number of benzene rings is 1. The lowest BCUT2D eigenvalue weighted by Crippen LogP contribution is -2.52. The minimum atomic E-state index is -4.18. The molecule has 1 aromatic heterocycles. The summed E-state index contributed by atoms with van der Waals surface area (Å²) in [6, 6.07) is 3.07. The van der Waals surface area contributed by atoms with Crippen LogP contribution in [0.15, 0.2) is 41.6 Å². The van der Waals surface area contributed by atoms with Gasteiger partial charge in [-0.15, -0.1) is 0 Å². The minimum absolute atomic E-state index is 0.0677. The molecule has 0 unspecified atom stereocenters. The highest BCUT2D eigenvalue weighted by Crippen LogP contribution is 2.28. The maximum Gasteiger partial charge on any atom is 0.269 e. The van der Waals surface area contributed by atoms with Gasteiger partial charge in [0, 0.05) is 30.9 Å². The molecule has 3 rings (SSSR count). The lowest BCUT2D eigenvalue weighted by Gasteiger charge is -2.33. The topological polar surface area (TPSA) is 156 Å². The molecule has 12 heteroatoms. The number of nitrogens with one attached hydrogen (secondary N) is 1. The average molecular weight is 379 g/mol. The molecule has 0 aliphatic carbocycles. The first-order valence-electron chi connectivity index (χ1n) is 7.33. The lowest BCUT2D eigenvalue weighted by molar-refractivity contribution is -0.384. The van der Waals surface area contributed by atoms with E-state index < -0.39 is 26.9 Å². The summed E-state index contributed by atoms with van der Waals surface area (Å²) in [4.78, 5) is 30.0. The Kier molecular flexibility index (Phi) is 4.63. The van der Waals surface area contributed by atoms with Gasteiger partial charge < -0.3 is 0 Å². The Hall–Kier alpha value is -2.96. The van der Waals surface area contributed by atoms with Crippen molar-refractivity contribution in [1.29, 1.82) is 0 Å². The van der Waals surface area contributed by atoms with Gasteiger partial charge in [0.15, 0.2) is 0 Å². The number of hydrogen-bond donors (Lipinski definition) is 2. The third-order valence-electron chi connectivity index (χ3n) is 3.97. The Morgan fingerprint density at radius 2 is 1.85 bits per heavy atom. The van der Waals surface area contributed by atoms with Crippen LogP contribution in [0, 0.1) is 10.1 Å². The molecule has 1 aliphatic rings. The molecule has 1 atom stereocenters. The molecule has 0 saturated carbocycles. The van der Waals surface area contributed by atoms with Gasteiger partial charge in [0.1, 0.15) is 6.04 Å². The Morgan fingerprint density at radius 1 is 1.23 bits per heavy atom. The van der Waals surface area contributed by atoms with Crippen molar-refractivity contribution in [3.05, 3.63) is 58.2 Å². The van der Waals surface area contributed by atoms with Gasteiger partial charge in [-0.3, -0.25) is 30.1 Å². The van der Waals surface area contributed by atoms with E-state index in [1.165, 1.54) is 17.9 Å². The summed E-state index contributed by atoms with van der Waals surface area (Å²) in [7, 11) is -4.18. The van der Waals surface area contributed by atoms with Gasteiger partial charge in [0.05, 0.1) is 27.8 Å². The monoisotopic (exact) mass is 379 g/mol. The normalized spacial score (nSPS) is 17.3. The van der Waals surface area contributed by atoms with Crippen LogP contribution in [0.25, 0.3) is 0 Å². The average Bonchev–Trinajstić information content (AvgIpc) is 2.66. The SMILES string of the molecule is O=C(NO)[C@H]1Cc2nccnc2CN1S(=O)(=O)c1ccc([N+](=O)[O-])cc1. The van der Waals surface area contributed by atoms with Crippen molar-refractivity contribution in [1.82, 2.24) is 19.8 Å². The third kappa shape index (κ3) is 3.12. The largest absolute Gasteiger partial charge is 0.289 e.